The van der Waals surface area contributed by atoms with E-state index in [1.807, 2.05) is 6.07 Å². The molecule has 0 fully saturated rings. The van der Waals surface area contributed by atoms with Crippen LogP contribution in [0.2, 0.25) is 5.02 Å². The van der Waals surface area contributed by atoms with Gasteiger partial charge in [-0.25, -0.2) is 9.18 Å². The average molecular weight is 390 g/mol. The van der Waals surface area contributed by atoms with E-state index in [4.69, 9.17) is 16.3 Å². The maximum absolute atomic E-state index is 14.1. The van der Waals surface area contributed by atoms with Gasteiger partial charge in [-0.2, -0.15) is 5.10 Å². The SMILES string of the molecule is CCOC(=O)C1=NN(c2ccccc2)C(C(=O)Nc2cccc(Cl)c2F)C1. The number of benzene rings is 2. The third-order valence-corrected chi connectivity index (χ3v) is 4.25. The standard InChI is InChI=1S/C19H17ClFN3O3/c1-2-27-19(26)15-11-16(24(23-15)12-7-4-3-5-8-12)18(25)22-14-10-6-9-13(20)17(14)21/h3-10,16H,2,11H2,1H3,(H,22,25). The van der Waals surface area contributed by atoms with Crippen LogP contribution in [-0.2, 0) is 14.3 Å². The van der Waals surface area contributed by atoms with Crippen LogP contribution in [0.25, 0.3) is 0 Å². The van der Waals surface area contributed by atoms with E-state index in [0.717, 1.165) is 0 Å². The number of nitrogens with one attached hydrogen (secondary N) is 1. The van der Waals surface area contributed by atoms with Crippen molar-refractivity contribution in [3.8, 4) is 0 Å². The Morgan fingerprint density at radius 1 is 1.26 bits per heavy atom. The van der Waals surface area contributed by atoms with E-state index in [1.165, 1.54) is 23.2 Å². The zero-order valence-electron chi connectivity index (χ0n) is 14.5. The first-order chi connectivity index (χ1) is 13.0. The third kappa shape index (κ3) is 4.09. The molecule has 1 unspecified atom stereocenters. The Balaban J connectivity index is 1.87. The molecule has 2 aromatic rings. The first-order valence-corrected chi connectivity index (χ1v) is 8.72. The summed E-state index contributed by atoms with van der Waals surface area (Å²) in [6.45, 7) is 1.89. The summed E-state index contributed by atoms with van der Waals surface area (Å²) in [5.41, 5.74) is 0.723. The number of anilines is 2. The molecule has 1 N–H and O–H groups in total. The number of para-hydroxylation sites is 1. The minimum absolute atomic E-state index is 0.0369. The minimum Gasteiger partial charge on any atom is -0.461 e. The first kappa shape index (κ1) is 18.8. The molecule has 0 aliphatic carbocycles. The summed E-state index contributed by atoms with van der Waals surface area (Å²) in [7, 11) is 0. The number of amides is 1. The summed E-state index contributed by atoms with van der Waals surface area (Å²) in [5, 5.41) is 8.11. The van der Waals surface area contributed by atoms with E-state index in [2.05, 4.69) is 10.4 Å². The molecule has 1 amide bonds. The smallest absolute Gasteiger partial charge is 0.354 e. The molecule has 1 aliphatic heterocycles. The summed E-state index contributed by atoms with van der Waals surface area (Å²) >= 11 is 5.76. The number of ether oxygens (including phenoxy) is 1. The van der Waals surface area contributed by atoms with Gasteiger partial charge < -0.3 is 10.1 Å². The summed E-state index contributed by atoms with van der Waals surface area (Å²) in [5.74, 6) is -1.81. The van der Waals surface area contributed by atoms with Crippen molar-refractivity contribution in [2.24, 2.45) is 5.10 Å². The van der Waals surface area contributed by atoms with Crippen LogP contribution < -0.4 is 10.3 Å². The molecule has 6 nitrogen and oxygen atoms in total. The highest BCUT2D eigenvalue weighted by Gasteiger charge is 2.37. The van der Waals surface area contributed by atoms with Crippen molar-refractivity contribution in [3.63, 3.8) is 0 Å². The van der Waals surface area contributed by atoms with Gasteiger partial charge in [0.05, 0.1) is 23.0 Å². The highest BCUT2D eigenvalue weighted by atomic mass is 35.5. The quantitative estimate of drug-likeness (QED) is 0.793. The van der Waals surface area contributed by atoms with Gasteiger partial charge in [0.15, 0.2) is 5.82 Å². The van der Waals surface area contributed by atoms with E-state index in [0.29, 0.717) is 5.69 Å². The van der Waals surface area contributed by atoms with Crippen molar-refractivity contribution < 1.29 is 18.7 Å². The van der Waals surface area contributed by atoms with Crippen LogP contribution in [0.3, 0.4) is 0 Å². The number of esters is 1. The monoisotopic (exact) mass is 389 g/mol. The van der Waals surface area contributed by atoms with E-state index in [9.17, 15) is 14.0 Å². The molecule has 8 heteroatoms. The van der Waals surface area contributed by atoms with Gasteiger partial charge in [0.1, 0.15) is 11.8 Å². The summed E-state index contributed by atoms with van der Waals surface area (Å²) in [6.07, 6.45) is 0.0434. The molecule has 0 spiro atoms. The number of carbonyl (C=O) groups excluding carboxylic acids is 2. The fourth-order valence-corrected chi connectivity index (χ4v) is 2.86. The van der Waals surface area contributed by atoms with Gasteiger partial charge in [0.2, 0.25) is 5.91 Å². The number of nitrogens with zero attached hydrogens (tertiary/aromatic N) is 2. The van der Waals surface area contributed by atoms with Crippen LogP contribution in [-0.4, -0.2) is 30.2 Å². The average Bonchev–Trinajstić information content (AvgIpc) is 3.12. The van der Waals surface area contributed by atoms with Crippen LogP contribution >= 0.6 is 11.6 Å². The van der Waals surface area contributed by atoms with Gasteiger partial charge in [-0.1, -0.05) is 35.9 Å². The van der Waals surface area contributed by atoms with Crippen molar-refractivity contribution in [1.29, 1.82) is 0 Å². The minimum atomic E-state index is -0.829. The molecule has 0 saturated carbocycles. The van der Waals surface area contributed by atoms with Crippen molar-refractivity contribution >= 4 is 40.6 Å². The Morgan fingerprint density at radius 2 is 2.00 bits per heavy atom. The predicted molar refractivity (Wildman–Crippen MR) is 101 cm³/mol. The van der Waals surface area contributed by atoms with E-state index in [-0.39, 0.29) is 29.4 Å². The number of hydrogen-bond acceptors (Lipinski definition) is 5. The van der Waals surface area contributed by atoms with Crippen molar-refractivity contribution in [2.45, 2.75) is 19.4 Å². The number of hydrogen-bond donors (Lipinski definition) is 1. The molecular weight excluding hydrogens is 373 g/mol. The Hall–Kier alpha value is -2.93. The summed E-state index contributed by atoms with van der Waals surface area (Å²) in [4.78, 5) is 24.9. The second-order valence-electron chi connectivity index (χ2n) is 5.76. The molecule has 0 saturated heterocycles. The number of rotatable bonds is 5. The maximum atomic E-state index is 14.1. The Labute approximate surface area is 160 Å². The fraction of sp³-hybridized carbons (Fsp3) is 0.211. The molecule has 0 bridgehead atoms. The van der Waals surface area contributed by atoms with Crippen molar-refractivity contribution in [2.75, 3.05) is 16.9 Å². The Bertz CT molecular complexity index is 889. The predicted octanol–water partition coefficient (Wildman–Crippen LogP) is 3.62. The van der Waals surface area contributed by atoms with Crippen LogP contribution in [0, 0.1) is 5.82 Å². The molecule has 140 valence electrons. The van der Waals surface area contributed by atoms with E-state index < -0.39 is 23.7 Å². The summed E-state index contributed by atoms with van der Waals surface area (Å²) < 4.78 is 19.1. The largest absolute Gasteiger partial charge is 0.461 e. The molecule has 1 aliphatic rings. The van der Waals surface area contributed by atoms with Gasteiger partial charge in [0, 0.05) is 6.42 Å². The zero-order valence-corrected chi connectivity index (χ0v) is 15.2. The lowest BCUT2D eigenvalue weighted by molar-refractivity contribution is -0.135. The third-order valence-electron chi connectivity index (χ3n) is 3.95. The van der Waals surface area contributed by atoms with Crippen molar-refractivity contribution in [3.05, 3.63) is 59.4 Å². The molecule has 0 radical (unpaired) electrons. The molecule has 1 heterocycles. The zero-order chi connectivity index (χ0) is 19.4. The highest BCUT2D eigenvalue weighted by molar-refractivity contribution is 6.38. The van der Waals surface area contributed by atoms with Crippen LogP contribution in [0.1, 0.15) is 13.3 Å². The number of halogens is 2. The lowest BCUT2D eigenvalue weighted by Gasteiger charge is -2.22. The number of carbonyl (C=O) groups is 2. The fourth-order valence-electron chi connectivity index (χ4n) is 2.69. The molecule has 1 atom stereocenters. The Morgan fingerprint density at radius 3 is 2.70 bits per heavy atom. The molecule has 2 aromatic carbocycles. The summed E-state index contributed by atoms with van der Waals surface area (Å²) in [6, 6.07) is 12.4. The molecule has 27 heavy (non-hydrogen) atoms. The topological polar surface area (TPSA) is 71.0 Å². The maximum Gasteiger partial charge on any atom is 0.354 e. The second-order valence-corrected chi connectivity index (χ2v) is 6.17. The van der Waals surface area contributed by atoms with Gasteiger partial charge in [0.25, 0.3) is 0 Å². The van der Waals surface area contributed by atoms with Crippen LogP contribution in [0.5, 0.6) is 0 Å². The van der Waals surface area contributed by atoms with Crippen LogP contribution in [0.4, 0.5) is 15.8 Å². The molecule has 0 aromatic heterocycles. The first-order valence-electron chi connectivity index (χ1n) is 8.35. The number of hydrazone groups is 1. The molecule has 3 rings (SSSR count). The highest BCUT2D eigenvalue weighted by Crippen LogP contribution is 2.27. The Kier molecular flexibility index (Phi) is 5.71. The van der Waals surface area contributed by atoms with Gasteiger partial charge in [-0.05, 0) is 31.2 Å². The van der Waals surface area contributed by atoms with E-state index >= 15 is 0 Å². The lowest BCUT2D eigenvalue weighted by atomic mass is 10.1. The van der Waals surface area contributed by atoms with Gasteiger partial charge >= 0.3 is 5.97 Å². The van der Waals surface area contributed by atoms with E-state index in [1.54, 1.807) is 31.2 Å². The lowest BCUT2D eigenvalue weighted by Crippen LogP contribution is -2.39. The molecular formula is C19H17ClFN3O3. The van der Waals surface area contributed by atoms with Gasteiger partial charge in [-0.15, -0.1) is 0 Å². The normalized spacial score (nSPS) is 16.0. The van der Waals surface area contributed by atoms with Gasteiger partial charge in [-0.3, -0.25) is 9.80 Å². The second kappa shape index (κ2) is 8.18. The van der Waals surface area contributed by atoms with Crippen LogP contribution in [0.15, 0.2) is 53.6 Å². The van der Waals surface area contributed by atoms with Crippen molar-refractivity contribution in [1.82, 2.24) is 0 Å².